The Morgan fingerprint density at radius 3 is 2.06 bits per heavy atom. The van der Waals surface area contributed by atoms with Gasteiger partial charge in [0.05, 0.1) is 6.04 Å². The summed E-state index contributed by atoms with van der Waals surface area (Å²) < 4.78 is 24.2. The maximum Gasteiger partial charge on any atom is 0.315 e. The van der Waals surface area contributed by atoms with Crippen molar-refractivity contribution in [3.63, 3.8) is 0 Å². The lowest BCUT2D eigenvalue weighted by molar-refractivity contribution is -0.132. The van der Waals surface area contributed by atoms with Crippen molar-refractivity contribution in [2.75, 3.05) is 0 Å². The van der Waals surface area contributed by atoms with Crippen LogP contribution in [0.25, 0.3) is 0 Å². The van der Waals surface area contributed by atoms with Crippen molar-refractivity contribution in [1.82, 2.24) is 5.32 Å². The van der Waals surface area contributed by atoms with E-state index in [4.69, 9.17) is 0 Å². The maximum atomic E-state index is 12.1. The van der Waals surface area contributed by atoms with E-state index >= 15 is 0 Å². The Labute approximate surface area is 106 Å². The Bertz CT molecular complexity index is 407. The fourth-order valence-corrected chi connectivity index (χ4v) is 1.63. The van der Waals surface area contributed by atoms with Gasteiger partial charge >= 0.3 is 6.43 Å². The molecule has 0 bridgehead atoms. The topological polar surface area (TPSA) is 29.1 Å². The molecule has 1 aromatic carbocycles. The van der Waals surface area contributed by atoms with Gasteiger partial charge in [0.25, 0.3) is 5.91 Å². The molecule has 4 heteroatoms. The molecule has 1 amide bonds. The number of halogens is 2. The zero-order valence-corrected chi connectivity index (χ0v) is 11.1. The van der Waals surface area contributed by atoms with Gasteiger partial charge in [-0.1, -0.05) is 45.0 Å². The Morgan fingerprint density at radius 1 is 1.17 bits per heavy atom. The maximum absolute atomic E-state index is 12.1. The second-order valence-electron chi connectivity index (χ2n) is 5.40. The molecule has 1 aromatic rings. The average molecular weight is 255 g/mol. The van der Waals surface area contributed by atoms with Crippen molar-refractivity contribution in [2.24, 2.45) is 0 Å². The first-order chi connectivity index (χ1) is 8.21. The molecule has 0 saturated carbocycles. The molecule has 0 aliphatic rings. The highest BCUT2D eigenvalue weighted by Gasteiger charge is 2.19. The molecule has 0 fully saturated rings. The third-order valence-corrected chi connectivity index (χ3v) is 2.83. The fraction of sp³-hybridized carbons (Fsp3) is 0.500. The summed E-state index contributed by atoms with van der Waals surface area (Å²) in [6, 6.07) is 7.22. The molecular formula is C14H19F2NO. The zero-order valence-electron chi connectivity index (χ0n) is 11.1. The van der Waals surface area contributed by atoms with E-state index in [1.54, 1.807) is 6.92 Å². The number of hydrogen-bond donors (Lipinski definition) is 1. The molecule has 0 aromatic heterocycles. The number of carbonyl (C=O) groups is 1. The monoisotopic (exact) mass is 255 g/mol. The van der Waals surface area contributed by atoms with E-state index in [0.717, 1.165) is 5.56 Å². The SMILES string of the molecule is CC(NC(=O)C(F)F)c1ccc(C(C)(C)C)cc1. The number of amides is 1. The van der Waals surface area contributed by atoms with E-state index in [1.807, 2.05) is 24.3 Å². The van der Waals surface area contributed by atoms with Crippen molar-refractivity contribution < 1.29 is 13.6 Å². The molecule has 1 atom stereocenters. The van der Waals surface area contributed by atoms with Crippen molar-refractivity contribution in [3.05, 3.63) is 35.4 Å². The zero-order chi connectivity index (χ0) is 13.9. The van der Waals surface area contributed by atoms with Gasteiger partial charge in [0.15, 0.2) is 0 Å². The van der Waals surface area contributed by atoms with Crippen molar-refractivity contribution in [2.45, 2.75) is 45.6 Å². The van der Waals surface area contributed by atoms with Gasteiger partial charge in [-0.25, -0.2) is 0 Å². The third-order valence-electron chi connectivity index (χ3n) is 2.83. The highest BCUT2D eigenvalue weighted by atomic mass is 19.3. The fourth-order valence-electron chi connectivity index (χ4n) is 1.63. The molecule has 0 aliphatic carbocycles. The van der Waals surface area contributed by atoms with Crippen LogP contribution in [-0.2, 0) is 10.2 Å². The lowest BCUT2D eigenvalue weighted by Crippen LogP contribution is -2.31. The molecule has 1 rings (SSSR count). The predicted octanol–water partition coefficient (Wildman–Crippen LogP) is 3.43. The number of carbonyl (C=O) groups excluding carboxylic acids is 1. The van der Waals surface area contributed by atoms with Gasteiger partial charge in [-0.2, -0.15) is 8.78 Å². The van der Waals surface area contributed by atoms with E-state index < -0.39 is 18.4 Å². The van der Waals surface area contributed by atoms with Gasteiger partial charge in [0.1, 0.15) is 0 Å². The Hall–Kier alpha value is -1.45. The molecule has 0 radical (unpaired) electrons. The lowest BCUT2D eigenvalue weighted by atomic mass is 9.86. The number of alkyl halides is 2. The van der Waals surface area contributed by atoms with Crippen LogP contribution in [0.4, 0.5) is 8.78 Å². The molecule has 0 aliphatic heterocycles. The summed E-state index contributed by atoms with van der Waals surface area (Å²) in [7, 11) is 0. The molecule has 0 saturated heterocycles. The van der Waals surface area contributed by atoms with Crippen LogP contribution in [0.5, 0.6) is 0 Å². The minimum Gasteiger partial charge on any atom is -0.345 e. The molecule has 0 spiro atoms. The molecule has 2 nitrogen and oxygen atoms in total. The standard InChI is InChI=1S/C14H19F2NO/c1-9(17-13(18)12(15)16)10-5-7-11(8-6-10)14(2,3)4/h5-9,12H,1-4H3,(H,17,18). The Kier molecular flexibility index (Phi) is 4.43. The average Bonchev–Trinajstić information content (AvgIpc) is 2.27. The minimum atomic E-state index is -2.97. The van der Waals surface area contributed by atoms with Crippen LogP contribution in [-0.4, -0.2) is 12.3 Å². The lowest BCUT2D eigenvalue weighted by Gasteiger charge is -2.20. The molecule has 0 heterocycles. The molecular weight excluding hydrogens is 236 g/mol. The van der Waals surface area contributed by atoms with Crippen LogP contribution < -0.4 is 5.32 Å². The number of hydrogen-bond acceptors (Lipinski definition) is 1. The van der Waals surface area contributed by atoms with Crippen molar-refractivity contribution >= 4 is 5.91 Å². The summed E-state index contributed by atoms with van der Waals surface area (Å²) >= 11 is 0. The van der Waals surface area contributed by atoms with Crippen LogP contribution >= 0.6 is 0 Å². The van der Waals surface area contributed by atoms with E-state index in [9.17, 15) is 13.6 Å². The first-order valence-corrected chi connectivity index (χ1v) is 5.91. The van der Waals surface area contributed by atoms with Crippen LogP contribution in [0.1, 0.15) is 44.9 Å². The van der Waals surface area contributed by atoms with Crippen LogP contribution in [0, 0.1) is 0 Å². The second kappa shape index (κ2) is 5.46. The van der Waals surface area contributed by atoms with E-state index in [-0.39, 0.29) is 5.41 Å². The largest absolute Gasteiger partial charge is 0.345 e. The van der Waals surface area contributed by atoms with E-state index in [0.29, 0.717) is 0 Å². The van der Waals surface area contributed by atoms with E-state index in [1.165, 1.54) is 5.56 Å². The van der Waals surface area contributed by atoms with Gasteiger partial charge in [0, 0.05) is 0 Å². The summed E-state index contributed by atoms with van der Waals surface area (Å²) in [5, 5.41) is 2.26. The van der Waals surface area contributed by atoms with Crippen molar-refractivity contribution in [3.8, 4) is 0 Å². The second-order valence-corrected chi connectivity index (χ2v) is 5.40. The van der Waals surface area contributed by atoms with Gasteiger partial charge in [-0.15, -0.1) is 0 Å². The first-order valence-electron chi connectivity index (χ1n) is 5.91. The molecule has 100 valence electrons. The Balaban J connectivity index is 2.76. The first kappa shape index (κ1) is 14.6. The normalized spacial score (nSPS) is 13.5. The highest BCUT2D eigenvalue weighted by Crippen LogP contribution is 2.23. The minimum absolute atomic E-state index is 0.0496. The quantitative estimate of drug-likeness (QED) is 0.881. The van der Waals surface area contributed by atoms with Gasteiger partial charge in [-0.3, -0.25) is 4.79 Å². The summed E-state index contributed by atoms with van der Waals surface area (Å²) in [4.78, 5) is 10.9. The molecule has 1 N–H and O–H groups in total. The summed E-state index contributed by atoms with van der Waals surface area (Å²) in [5.41, 5.74) is 2.03. The molecule has 1 unspecified atom stereocenters. The number of rotatable bonds is 3. The van der Waals surface area contributed by atoms with Gasteiger partial charge < -0.3 is 5.32 Å². The van der Waals surface area contributed by atoms with Crippen LogP contribution in [0.3, 0.4) is 0 Å². The summed E-state index contributed by atoms with van der Waals surface area (Å²) in [6.07, 6.45) is -2.97. The van der Waals surface area contributed by atoms with Crippen LogP contribution in [0.2, 0.25) is 0 Å². The summed E-state index contributed by atoms with van der Waals surface area (Å²) in [5.74, 6) is -1.23. The van der Waals surface area contributed by atoms with Gasteiger partial charge in [0.2, 0.25) is 0 Å². The van der Waals surface area contributed by atoms with Crippen molar-refractivity contribution in [1.29, 1.82) is 0 Å². The highest BCUT2D eigenvalue weighted by molar-refractivity contribution is 5.79. The summed E-state index contributed by atoms with van der Waals surface area (Å²) in [6.45, 7) is 7.99. The van der Waals surface area contributed by atoms with E-state index in [2.05, 4.69) is 26.1 Å². The van der Waals surface area contributed by atoms with Crippen LogP contribution in [0.15, 0.2) is 24.3 Å². The Morgan fingerprint density at radius 2 is 1.67 bits per heavy atom. The third kappa shape index (κ3) is 3.79. The number of benzene rings is 1. The number of nitrogens with one attached hydrogen (secondary N) is 1. The molecule has 18 heavy (non-hydrogen) atoms. The van der Waals surface area contributed by atoms with Gasteiger partial charge in [-0.05, 0) is 23.5 Å². The smallest absolute Gasteiger partial charge is 0.315 e. The predicted molar refractivity (Wildman–Crippen MR) is 67.7 cm³/mol.